The highest BCUT2D eigenvalue weighted by atomic mass is 16.2. The Kier molecular flexibility index (Phi) is 4.14. The largest absolute Gasteiger partial charge is 0.334 e. The van der Waals surface area contributed by atoms with Crippen molar-refractivity contribution >= 4 is 11.7 Å². The second kappa shape index (κ2) is 5.82. The highest BCUT2D eigenvalue weighted by Gasteiger charge is 2.28. The van der Waals surface area contributed by atoms with Gasteiger partial charge in [0, 0.05) is 25.1 Å². The van der Waals surface area contributed by atoms with Gasteiger partial charge in [0.25, 0.3) is 5.91 Å². The molecule has 0 spiro atoms. The smallest absolute Gasteiger partial charge is 0.270 e. The van der Waals surface area contributed by atoms with Crippen molar-refractivity contribution in [2.45, 2.75) is 38.6 Å². The number of ketones is 1. The first-order valence-electron chi connectivity index (χ1n) is 6.57. The fourth-order valence-electron chi connectivity index (χ4n) is 2.54. The molecule has 0 saturated carbocycles. The highest BCUT2D eigenvalue weighted by molar-refractivity contribution is 5.93. The number of aromatic amines is 1. The highest BCUT2D eigenvalue weighted by Crippen LogP contribution is 2.21. The summed E-state index contributed by atoms with van der Waals surface area (Å²) < 4.78 is 0. The zero-order valence-electron chi connectivity index (χ0n) is 11.0. The van der Waals surface area contributed by atoms with Crippen LogP contribution in [0.2, 0.25) is 0 Å². The van der Waals surface area contributed by atoms with Gasteiger partial charge >= 0.3 is 0 Å². The zero-order valence-corrected chi connectivity index (χ0v) is 11.0. The van der Waals surface area contributed by atoms with Gasteiger partial charge in [-0.3, -0.25) is 14.4 Å². The van der Waals surface area contributed by atoms with Gasteiger partial charge < -0.3 is 9.88 Å². The minimum atomic E-state index is -0.286. The van der Waals surface area contributed by atoms with E-state index >= 15 is 0 Å². The van der Waals surface area contributed by atoms with Gasteiger partial charge in [0.15, 0.2) is 0 Å². The van der Waals surface area contributed by atoms with E-state index in [0.29, 0.717) is 18.7 Å². The molecule has 0 aromatic carbocycles. The molecule has 1 aromatic rings. The Morgan fingerprint density at radius 1 is 1.37 bits per heavy atom. The van der Waals surface area contributed by atoms with Crippen LogP contribution in [-0.4, -0.2) is 34.2 Å². The molecule has 1 amide bonds. The molecule has 2 heterocycles. The number of H-pyrrole nitrogens is 1. The molecular weight excluding hydrogens is 244 g/mol. The Labute approximate surface area is 111 Å². The van der Waals surface area contributed by atoms with Crippen molar-refractivity contribution in [2.24, 2.45) is 0 Å². The lowest BCUT2D eigenvalue weighted by Crippen LogP contribution is -2.45. The fourth-order valence-corrected chi connectivity index (χ4v) is 2.54. The maximum absolute atomic E-state index is 12.4. The SMILES string of the molecule is CC(=O)CC1CCCCN1C(=O)c1cccc(=O)[nH]1. The van der Waals surface area contributed by atoms with Crippen LogP contribution in [-0.2, 0) is 4.79 Å². The van der Waals surface area contributed by atoms with Gasteiger partial charge in [-0.05, 0) is 32.3 Å². The number of rotatable bonds is 3. The summed E-state index contributed by atoms with van der Waals surface area (Å²) in [7, 11) is 0. The molecule has 1 aliphatic heterocycles. The lowest BCUT2D eigenvalue weighted by Gasteiger charge is -2.35. The Hall–Kier alpha value is -1.91. The van der Waals surface area contributed by atoms with Crippen LogP contribution in [0.25, 0.3) is 0 Å². The predicted molar refractivity (Wildman–Crippen MR) is 71.0 cm³/mol. The summed E-state index contributed by atoms with van der Waals surface area (Å²) in [6.07, 6.45) is 3.22. The molecule has 1 unspecified atom stereocenters. The van der Waals surface area contributed by atoms with Crippen molar-refractivity contribution in [3.63, 3.8) is 0 Å². The van der Waals surface area contributed by atoms with Crippen LogP contribution in [0.3, 0.4) is 0 Å². The van der Waals surface area contributed by atoms with Crippen molar-refractivity contribution < 1.29 is 9.59 Å². The Bertz CT molecular complexity index is 535. The second-order valence-electron chi connectivity index (χ2n) is 4.98. The van der Waals surface area contributed by atoms with E-state index in [1.54, 1.807) is 24.0 Å². The Morgan fingerprint density at radius 2 is 2.16 bits per heavy atom. The van der Waals surface area contributed by atoms with Crippen LogP contribution in [0.5, 0.6) is 0 Å². The molecule has 5 nitrogen and oxygen atoms in total. The fraction of sp³-hybridized carbons (Fsp3) is 0.500. The van der Waals surface area contributed by atoms with E-state index in [1.807, 2.05) is 0 Å². The lowest BCUT2D eigenvalue weighted by molar-refractivity contribution is -0.118. The number of nitrogens with zero attached hydrogens (tertiary/aromatic N) is 1. The molecule has 1 fully saturated rings. The summed E-state index contributed by atoms with van der Waals surface area (Å²) in [4.78, 5) is 39.2. The molecule has 1 aromatic heterocycles. The third kappa shape index (κ3) is 3.30. The molecule has 19 heavy (non-hydrogen) atoms. The van der Waals surface area contributed by atoms with Crippen molar-refractivity contribution in [3.8, 4) is 0 Å². The molecular formula is C14H18N2O3. The third-order valence-corrected chi connectivity index (χ3v) is 3.41. The minimum Gasteiger partial charge on any atom is -0.334 e. The second-order valence-corrected chi connectivity index (χ2v) is 4.98. The number of amides is 1. The van der Waals surface area contributed by atoms with Crippen LogP contribution >= 0.6 is 0 Å². The average Bonchev–Trinajstić information content (AvgIpc) is 2.38. The summed E-state index contributed by atoms with van der Waals surface area (Å²) in [5.74, 6) is -0.102. The van der Waals surface area contributed by atoms with Crippen LogP contribution in [0.4, 0.5) is 0 Å². The van der Waals surface area contributed by atoms with Gasteiger partial charge in [0.1, 0.15) is 11.5 Å². The van der Waals surface area contributed by atoms with Crippen LogP contribution in [0.15, 0.2) is 23.0 Å². The Morgan fingerprint density at radius 3 is 2.84 bits per heavy atom. The molecule has 0 bridgehead atoms. The molecule has 5 heteroatoms. The molecule has 1 atom stereocenters. The number of aromatic nitrogens is 1. The molecule has 102 valence electrons. The first-order chi connectivity index (χ1) is 9.08. The van der Waals surface area contributed by atoms with E-state index in [9.17, 15) is 14.4 Å². The number of nitrogens with one attached hydrogen (secondary N) is 1. The van der Waals surface area contributed by atoms with Gasteiger partial charge in [-0.25, -0.2) is 0 Å². The maximum atomic E-state index is 12.4. The van der Waals surface area contributed by atoms with Crippen LogP contribution < -0.4 is 5.56 Å². The van der Waals surface area contributed by atoms with Gasteiger partial charge in [0.2, 0.25) is 5.56 Å². The summed E-state index contributed by atoms with van der Waals surface area (Å²) in [5, 5.41) is 0. The van der Waals surface area contributed by atoms with E-state index in [1.165, 1.54) is 6.07 Å². The summed E-state index contributed by atoms with van der Waals surface area (Å²) in [6, 6.07) is 4.50. The molecule has 1 aliphatic rings. The van der Waals surface area contributed by atoms with Crippen molar-refractivity contribution in [2.75, 3.05) is 6.54 Å². The molecule has 0 aliphatic carbocycles. The van der Waals surface area contributed by atoms with E-state index < -0.39 is 0 Å². The average molecular weight is 262 g/mol. The number of piperidine rings is 1. The quantitative estimate of drug-likeness (QED) is 0.893. The maximum Gasteiger partial charge on any atom is 0.270 e. The number of hydrogen-bond donors (Lipinski definition) is 1. The summed E-state index contributed by atoms with van der Waals surface area (Å²) >= 11 is 0. The molecule has 0 radical (unpaired) electrons. The first-order valence-corrected chi connectivity index (χ1v) is 6.57. The lowest BCUT2D eigenvalue weighted by atomic mass is 9.97. The normalized spacial score (nSPS) is 19.2. The summed E-state index contributed by atoms with van der Waals surface area (Å²) in [6.45, 7) is 2.19. The van der Waals surface area contributed by atoms with E-state index in [-0.39, 0.29) is 23.3 Å². The number of carbonyl (C=O) groups is 2. The predicted octanol–water partition coefficient (Wildman–Crippen LogP) is 1.35. The van der Waals surface area contributed by atoms with Gasteiger partial charge in [-0.2, -0.15) is 0 Å². The van der Waals surface area contributed by atoms with Crippen molar-refractivity contribution in [1.29, 1.82) is 0 Å². The third-order valence-electron chi connectivity index (χ3n) is 3.41. The van der Waals surface area contributed by atoms with Crippen molar-refractivity contribution in [3.05, 3.63) is 34.2 Å². The number of Topliss-reactive ketones (excluding diaryl/α,β-unsaturated/α-hetero) is 1. The van der Waals surface area contributed by atoms with Gasteiger partial charge in [-0.1, -0.05) is 6.07 Å². The van der Waals surface area contributed by atoms with E-state index in [0.717, 1.165) is 19.3 Å². The van der Waals surface area contributed by atoms with Crippen molar-refractivity contribution in [1.82, 2.24) is 9.88 Å². The number of hydrogen-bond acceptors (Lipinski definition) is 3. The van der Waals surface area contributed by atoms with E-state index in [4.69, 9.17) is 0 Å². The molecule has 1 N–H and O–H groups in total. The minimum absolute atomic E-state index is 0.0394. The monoisotopic (exact) mass is 262 g/mol. The van der Waals surface area contributed by atoms with Crippen LogP contribution in [0.1, 0.15) is 43.1 Å². The van der Waals surface area contributed by atoms with Gasteiger partial charge in [-0.15, -0.1) is 0 Å². The molecule has 1 saturated heterocycles. The first kappa shape index (κ1) is 13.5. The standard InChI is InChI=1S/C14H18N2O3/c1-10(17)9-11-5-2-3-8-16(11)14(19)12-6-4-7-13(18)15-12/h4,6-7,11H,2-3,5,8-9H2,1H3,(H,15,18). The van der Waals surface area contributed by atoms with E-state index in [2.05, 4.69) is 4.98 Å². The molecule has 2 rings (SSSR count). The number of pyridine rings is 1. The Balaban J connectivity index is 2.19. The summed E-state index contributed by atoms with van der Waals surface area (Å²) in [5.41, 5.74) is 0.00827. The number of carbonyl (C=O) groups excluding carboxylic acids is 2. The number of likely N-dealkylation sites (tertiary alicyclic amines) is 1. The zero-order chi connectivity index (χ0) is 13.8. The topological polar surface area (TPSA) is 70.2 Å². The van der Waals surface area contributed by atoms with Gasteiger partial charge in [0.05, 0.1) is 0 Å². The van der Waals surface area contributed by atoms with Crippen LogP contribution in [0, 0.1) is 0 Å².